The van der Waals surface area contributed by atoms with Crippen molar-refractivity contribution in [1.82, 2.24) is 19.1 Å². The van der Waals surface area contributed by atoms with Crippen molar-refractivity contribution in [2.75, 3.05) is 0 Å². The summed E-state index contributed by atoms with van der Waals surface area (Å²) in [6, 6.07) is 0. The van der Waals surface area contributed by atoms with Gasteiger partial charge in [0.05, 0.1) is 0 Å². The molecule has 0 radical (unpaired) electrons. The fourth-order valence-electron chi connectivity index (χ4n) is 1.72. The molecule has 0 fully saturated rings. The fourth-order valence-corrected chi connectivity index (χ4v) is 1.72. The molecule has 80 valence electrons. The third-order valence-corrected chi connectivity index (χ3v) is 2.62. The zero-order valence-corrected chi connectivity index (χ0v) is 9.22. The van der Waals surface area contributed by atoms with E-state index < -0.39 is 0 Å². The average Bonchev–Trinajstić information content (AvgIpc) is 2.83. The smallest absolute Gasteiger partial charge is 0.110 e. The molecule has 2 aromatic heterocycles. The Morgan fingerprint density at radius 1 is 1.13 bits per heavy atom. The van der Waals surface area contributed by atoms with Crippen molar-refractivity contribution in [3.8, 4) is 0 Å². The lowest BCUT2D eigenvalue weighted by Crippen LogP contribution is -2.07. The molecular weight excluding hydrogens is 188 g/mol. The maximum atomic E-state index is 4.30. The van der Waals surface area contributed by atoms with Crippen LogP contribution in [0.15, 0.2) is 24.8 Å². The van der Waals surface area contributed by atoms with Gasteiger partial charge in [-0.25, -0.2) is 9.97 Å². The van der Waals surface area contributed by atoms with Gasteiger partial charge in [-0.2, -0.15) is 0 Å². The van der Waals surface area contributed by atoms with Crippen molar-refractivity contribution in [1.29, 1.82) is 0 Å². The van der Waals surface area contributed by atoms with Crippen LogP contribution in [0.25, 0.3) is 0 Å². The Balaban J connectivity index is 2.02. The molecule has 4 heteroatoms. The van der Waals surface area contributed by atoms with Crippen LogP contribution in [0.5, 0.6) is 0 Å². The van der Waals surface area contributed by atoms with E-state index in [0.717, 1.165) is 31.0 Å². The van der Waals surface area contributed by atoms with E-state index in [1.54, 1.807) is 0 Å². The second-order valence-corrected chi connectivity index (χ2v) is 3.59. The van der Waals surface area contributed by atoms with Crippen molar-refractivity contribution < 1.29 is 0 Å². The van der Waals surface area contributed by atoms with Crippen LogP contribution in [-0.4, -0.2) is 19.1 Å². The van der Waals surface area contributed by atoms with E-state index in [4.69, 9.17) is 0 Å². The molecule has 2 aromatic rings. The summed E-state index contributed by atoms with van der Waals surface area (Å²) in [4.78, 5) is 8.59. The number of aryl methyl sites for hydroxylation is 4. The van der Waals surface area contributed by atoms with Gasteiger partial charge >= 0.3 is 0 Å². The first-order valence-electron chi connectivity index (χ1n) is 5.27. The zero-order chi connectivity index (χ0) is 10.7. The summed E-state index contributed by atoms with van der Waals surface area (Å²) in [5.74, 6) is 2.26. The molecule has 15 heavy (non-hydrogen) atoms. The minimum atomic E-state index is 0.951. The van der Waals surface area contributed by atoms with Gasteiger partial charge in [0.15, 0.2) is 0 Å². The van der Waals surface area contributed by atoms with Crippen LogP contribution in [0, 0.1) is 0 Å². The highest BCUT2D eigenvalue weighted by molar-refractivity contribution is 4.95. The van der Waals surface area contributed by atoms with Gasteiger partial charge in [-0.05, 0) is 0 Å². The van der Waals surface area contributed by atoms with Crippen LogP contribution in [0.4, 0.5) is 0 Å². The molecule has 0 aliphatic rings. The fraction of sp³-hybridized carbons (Fsp3) is 0.455. The van der Waals surface area contributed by atoms with Crippen LogP contribution in [-0.2, 0) is 26.4 Å². The summed E-state index contributed by atoms with van der Waals surface area (Å²) in [5, 5.41) is 0. The standard InChI is InChI=1S/C11H16N4/c1-3-10-12-6-9-15(10)7-4-11-13-5-8-14(11)2/h5-6,8-9H,3-4,7H2,1-2H3. The lowest BCUT2D eigenvalue weighted by Gasteiger charge is -2.06. The molecule has 0 aliphatic carbocycles. The molecule has 0 atom stereocenters. The van der Waals surface area contributed by atoms with Crippen molar-refractivity contribution in [3.63, 3.8) is 0 Å². The van der Waals surface area contributed by atoms with E-state index in [2.05, 4.69) is 26.0 Å². The second kappa shape index (κ2) is 4.29. The summed E-state index contributed by atoms with van der Waals surface area (Å²) < 4.78 is 4.25. The summed E-state index contributed by atoms with van der Waals surface area (Å²) in [6.45, 7) is 3.08. The van der Waals surface area contributed by atoms with Crippen molar-refractivity contribution in [3.05, 3.63) is 36.4 Å². The lowest BCUT2D eigenvalue weighted by atomic mass is 10.3. The van der Waals surface area contributed by atoms with E-state index in [1.165, 1.54) is 0 Å². The molecule has 0 unspecified atom stereocenters. The van der Waals surface area contributed by atoms with Gasteiger partial charge in [-0.3, -0.25) is 0 Å². The maximum absolute atomic E-state index is 4.30. The third kappa shape index (κ3) is 2.09. The highest BCUT2D eigenvalue weighted by Crippen LogP contribution is 2.02. The van der Waals surface area contributed by atoms with Gasteiger partial charge in [0.25, 0.3) is 0 Å². The molecule has 2 rings (SSSR count). The van der Waals surface area contributed by atoms with Crippen LogP contribution in [0.3, 0.4) is 0 Å². The van der Waals surface area contributed by atoms with E-state index in [-0.39, 0.29) is 0 Å². The molecule has 0 N–H and O–H groups in total. The molecule has 0 spiro atoms. The molecular formula is C11H16N4. The second-order valence-electron chi connectivity index (χ2n) is 3.59. The first-order valence-corrected chi connectivity index (χ1v) is 5.27. The minimum Gasteiger partial charge on any atom is -0.338 e. The molecule has 0 amide bonds. The Morgan fingerprint density at radius 3 is 2.53 bits per heavy atom. The quantitative estimate of drug-likeness (QED) is 0.755. The zero-order valence-electron chi connectivity index (χ0n) is 9.22. The molecule has 0 aliphatic heterocycles. The Hall–Kier alpha value is -1.58. The van der Waals surface area contributed by atoms with Gasteiger partial charge in [0, 0.05) is 51.2 Å². The number of rotatable bonds is 4. The largest absolute Gasteiger partial charge is 0.338 e. The van der Waals surface area contributed by atoms with Gasteiger partial charge in [0.1, 0.15) is 11.6 Å². The highest BCUT2D eigenvalue weighted by Gasteiger charge is 2.02. The Kier molecular flexibility index (Phi) is 2.85. The Bertz CT molecular complexity index is 427. The van der Waals surface area contributed by atoms with E-state index in [0.29, 0.717) is 0 Å². The summed E-state index contributed by atoms with van der Waals surface area (Å²) in [6.07, 6.45) is 9.63. The van der Waals surface area contributed by atoms with Gasteiger partial charge in [0.2, 0.25) is 0 Å². The number of imidazole rings is 2. The topological polar surface area (TPSA) is 35.6 Å². The first kappa shape index (κ1) is 9.96. The van der Waals surface area contributed by atoms with Gasteiger partial charge < -0.3 is 9.13 Å². The van der Waals surface area contributed by atoms with E-state index in [9.17, 15) is 0 Å². The van der Waals surface area contributed by atoms with Crippen LogP contribution >= 0.6 is 0 Å². The van der Waals surface area contributed by atoms with Crippen molar-refractivity contribution >= 4 is 0 Å². The lowest BCUT2D eigenvalue weighted by molar-refractivity contribution is 0.623. The van der Waals surface area contributed by atoms with Crippen molar-refractivity contribution in [2.24, 2.45) is 7.05 Å². The molecule has 0 saturated heterocycles. The Labute approximate surface area is 89.6 Å². The Morgan fingerprint density at radius 2 is 1.87 bits per heavy atom. The summed E-state index contributed by atoms with van der Waals surface area (Å²) in [7, 11) is 2.02. The molecule has 0 aromatic carbocycles. The first-order chi connectivity index (χ1) is 7.31. The molecule has 0 bridgehead atoms. The molecule has 0 saturated carbocycles. The number of nitrogens with zero attached hydrogens (tertiary/aromatic N) is 4. The van der Waals surface area contributed by atoms with Gasteiger partial charge in [-0.1, -0.05) is 6.92 Å². The van der Waals surface area contributed by atoms with Crippen LogP contribution < -0.4 is 0 Å². The number of hydrogen-bond donors (Lipinski definition) is 0. The SMILES string of the molecule is CCc1nccn1CCc1nccn1C. The average molecular weight is 204 g/mol. The summed E-state index contributed by atoms with van der Waals surface area (Å²) >= 11 is 0. The molecule has 4 nitrogen and oxygen atoms in total. The third-order valence-electron chi connectivity index (χ3n) is 2.62. The monoisotopic (exact) mass is 204 g/mol. The van der Waals surface area contributed by atoms with E-state index in [1.807, 2.05) is 31.8 Å². The van der Waals surface area contributed by atoms with E-state index >= 15 is 0 Å². The normalized spacial score (nSPS) is 10.8. The van der Waals surface area contributed by atoms with Gasteiger partial charge in [-0.15, -0.1) is 0 Å². The number of aromatic nitrogens is 4. The summed E-state index contributed by atoms with van der Waals surface area (Å²) in [5.41, 5.74) is 0. The predicted molar refractivity (Wildman–Crippen MR) is 58.5 cm³/mol. The van der Waals surface area contributed by atoms with Crippen LogP contribution in [0.1, 0.15) is 18.6 Å². The maximum Gasteiger partial charge on any atom is 0.110 e. The minimum absolute atomic E-state index is 0.951. The highest BCUT2D eigenvalue weighted by atomic mass is 15.1. The predicted octanol–water partition coefficient (Wildman–Crippen LogP) is 1.42. The molecule has 2 heterocycles. The number of hydrogen-bond acceptors (Lipinski definition) is 2. The van der Waals surface area contributed by atoms with Crippen LogP contribution in [0.2, 0.25) is 0 Å². The van der Waals surface area contributed by atoms with Crippen molar-refractivity contribution in [2.45, 2.75) is 26.3 Å².